The fourth-order valence-electron chi connectivity index (χ4n) is 2.34. The second-order valence-electron chi connectivity index (χ2n) is 4.16. The maximum absolute atomic E-state index is 10.8. The van der Waals surface area contributed by atoms with E-state index in [4.69, 9.17) is 0 Å². The molecular formula is C14H12OS. The normalized spacial score (nSPS) is 13.8. The van der Waals surface area contributed by atoms with Crippen molar-refractivity contribution in [2.75, 3.05) is 0 Å². The van der Waals surface area contributed by atoms with Crippen molar-refractivity contribution < 1.29 is 4.79 Å². The highest BCUT2D eigenvalue weighted by molar-refractivity contribution is 7.13. The Balaban J connectivity index is 2.06. The van der Waals surface area contributed by atoms with Crippen LogP contribution in [0.4, 0.5) is 0 Å². The van der Waals surface area contributed by atoms with Gasteiger partial charge in [-0.2, -0.15) is 0 Å². The molecule has 16 heavy (non-hydrogen) atoms. The quantitative estimate of drug-likeness (QED) is 0.685. The molecule has 1 aromatic carbocycles. The van der Waals surface area contributed by atoms with E-state index in [1.54, 1.807) is 11.3 Å². The Hall–Kier alpha value is -1.41. The molecule has 3 rings (SSSR count). The number of rotatable bonds is 1. The van der Waals surface area contributed by atoms with Gasteiger partial charge in [0.05, 0.1) is 4.88 Å². The van der Waals surface area contributed by atoms with E-state index < -0.39 is 0 Å². The Morgan fingerprint density at radius 3 is 2.69 bits per heavy atom. The van der Waals surface area contributed by atoms with Crippen LogP contribution >= 0.6 is 11.3 Å². The maximum atomic E-state index is 10.8. The number of aryl methyl sites for hydroxylation is 2. The summed E-state index contributed by atoms with van der Waals surface area (Å²) in [5, 5.41) is 0. The Morgan fingerprint density at radius 2 is 1.88 bits per heavy atom. The molecule has 1 nitrogen and oxygen atoms in total. The minimum atomic E-state index is 0.865. The molecule has 2 heteroatoms. The molecule has 1 aliphatic carbocycles. The van der Waals surface area contributed by atoms with Gasteiger partial charge in [-0.3, -0.25) is 4.79 Å². The third-order valence-electron chi connectivity index (χ3n) is 3.15. The summed E-state index contributed by atoms with van der Waals surface area (Å²) >= 11 is 1.65. The largest absolute Gasteiger partial charge is 0.297 e. The van der Waals surface area contributed by atoms with Crippen molar-refractivity contribution >= 4 is 17.6 Å². The zero-order valence-electron chi connectivity index (χ0n) is 8.90. The van der Waals surface area contributed by atoms with E-state index in [0.29, 0.717) is 0 Å². The standard InChI is InChI=1S/C14H12OS/c15-9-13-8-12-7-11-4-2-1-3-10(11)5-6-14(12)16-13/h1-4,8-9H,5-7H2. The predicted molar refractivity (Wildman–Crippen MR) is 66.4 cm³/mol. The van der Waals surface area contributed by atoms with Gasteiger partial charge in [0.1, 0.15) is 0 Å². The van der Waals surface area contributed by atoms with Crippen LogP contribution in [0.3, 0.4) is 0 Å². The summed E-state index contributed by atoms with van der Waals surface area (Å²) in [5.41, 5.74) is 4.21. The average Bonchev–Trinajstić information content (AvgIpc) is 2.63. The lowest BCUT2D eigenvalue weighted by Crippen LogP contribution is -1.91. The van der Waals surface area contributed by atoms with Crippen LogP contribution in [-0.4, -0.2) is 6.29 Å². The Labute approximate surface area is 98.7 Å². The summed E-state index contributed by atoms with van der Waals surface area (Å²) in [6.07, 6.45) is 4.12. The number of carbonyl (C=O) groups is 1. The lowest BCUT2D eigenvalue weighted by Gasteiger charge is -2.03. The third kappa shape index (κ3) is 1.59. The number of hydrogen-bond acceptors (Lipinski definition) is 2. The van der Waals surface area contributed by atoms with Crippen molar-refractivity contribution in [2.45, 2.75) is 19.3 Å². The highest BCUT2D eigenvalue weighted by Gasteiger charge is 2.15. The van der Waals surface area contributed by atoms with Crippen LogP contribution in [0.25, 0.3) is 0 Å². The molecule has 0 N–H and O–H groups in total. The van der Waals surface area contributed by atoms with Crippen LogP contribution in [0.1, 0.15) is 31.2 Å². The number of hydrogen-bond donors (Lipinski definition) is 0. The van der Waals surface area contributed by atoms with Crippen LogP contribution in [-0.2, 0) is 19.3 Å². The molecule has 0 aliphatic heterocycles. The van der Waals surface area contributed by atoms with Gasteiger partial charge in [-0.25, -0.2) is 0 Å². The van der Waals surface area contributed by atoms with Gasteiger partial charge < -0.3 is 0 Å². The first-order chi connectivity index (χ1) is 7.86. The summed E-state index contributed by atoms with van der Waals surface area (Å²) < 4.78 is 0. The van der Waals surface area contributed by atoms with Crippen LogP contribution in [0, 0.1) is 0 Å². The Bertz CT molecular complexity index is 539. The topological polar surface area (TPSA) is 17.1 Å². The van der Waals surface area contributed by atoms with Gasteiger partial charge in [0, 0.05) is 4.88 Å². The number of benzene rings is 1. The molecule has 0 saturated heterocycles. The van der Waals surface area contributed by atoms with E-state index >= 15 is 0 Å². The van der Waals surface area contributed by atoms with Crippen molar-refractivity contribution in [3.05, 3.63) is 56.8 Å². The molecule has 1 aliphatic rings. The molecule has 0 fully saturated rings. The highest BCUT2D eigenvalue weighted by Crippen LogP contribution is 2.29. The van der Waals surface area contributed by atoms with Crippen molar-refractivity contribution in [2.24, 2.45) is 0 Å². The van der Waals surface area contributed by atoms with E-state index in [1.807, 2.05) is 0 Å². The first-order valence-electron chi connectivity index (χ1n) is 5.50. The first-order valence-corrected chi connectivity index (χ1v) is 6.32. The van der Waals surface area contributed by atoms with Crippen LogP contribution < -0.4 is 0 Å². The van der Waals surface area contributed by atoms with E-state index in [2.05, 4.69) is 30.3 Å². The van der Waals surface area contributed by atoms with E-state index in [0.717, 1.165) is 30.4 Å². The summed E-state index contributed by atoms with van der Waals surface area (Å²) in [5.74, 6) is 0. The molecule has 1 heterocycles. The maximum Gasteiger partial charge on any atom is 0.160 e. The van der Waals surface area contributed by atoms with E-state index in [-0.39, 0.29) is 0 Å². The molecule has 0 saturated carbocycles. The molecule has 0 atom stereocenters. The van der Waals surface area contributed by atoms with Crippen LogP contribution in [0.5, 0.6) is 0 Å². The molecular weight excluding hydrogens is 216 g/mol. The molecule has 0 bridgehead atoms. The second kappa shape index (κ2) is 3.87. The van der Waals surface area contributed by atoms with Crippen molar-refractivity contribution in [3.8, 4) is 0 Å². The smallest absolute Gasteiger partial charge is 0.160 e. The first kappa shape index (κ1) is 9.79. The minimum Gasteiger partial charge on any atom is -0.297 e. The number of thiophene rings is 1. The van der Waals surface area contributed by atoms with Gasteiger partial charge in [0.2, 0.25) is 0 Å². The van der Waals surface area contributed by atoms with Gasteiger partial charge >= 0.3 is 0 Å². The number of aldehydes is 1. The van der Waals surface area contributed by atoms with Gasteiger partial charge in [-0.05, 0) is 42.0 Å². The lowest BCUT2D eigenvalue weighted by molar-refractivity contribution is 0.112. The zero-order chi connectivity index (χ0) is 11.0. The van der Waals surface area contributed by atoms with Crippen LogP contribution in [0.15, 0.2) is 30.3 Å². The van der Waals surface area contributed by atoms with Crippen LogP contribution in [0.2, 0.25) is 0 Å². The summed E-state index contributed by atoms with van der Waals surface area (Å²) in [6, 6.07) is 10.7. The third-order valence-corrected chi connectivity index (χ3v) is 4.32. The van der Waals surface area contributed by atoms with Gasteiger partial charge in [-0.1, -0.05) is 24.3 Å². The molecule has 0 amide bonds. The summed E-state index contributed by atoms with van der Waals surface area (Å²) in [6.45, 7) is 0. The number of fused-ring (bicyclic) bond motifs is 2. The molecule has 0 unspecified atom stereocenters. The summed E-state index contributed by atoms with van der Waals surface area (Å²) in [7, 11) is 0. The molecule has 0 spiro atoms. The molecule has 0 radical (unpaired) electrons. The van der Waals surface area contributed by atoms with Crippen molar-refractivity contribution in [3.63, 3.8) is 0 Å². The summed E-state index contributed by atoms with van der Waals surface area (Å²) in [4.78, 5) is 13.0. The van der Waals surface area contributed by atoms with Gasteiger partial charge in [0.15, 0.2) is 6.29 Å². The van der Waals surface area contributed by atoms with Gasteiger partial charge in [-0.15, -0.1) is 11.3 Å². The highest BCUT2D eigenvalue weighted by atomic mass is 32.1. The van der Waals surface area contributed by atoms with Crippen molar-refractivity contribution in [1.82, 2.24) is 0 Å². The Morgan fingerprint density at radius 1 is 1.06 bits per heavy atom. The average molecular weight is 228 g/mol. The molecule has 2 aromatic rings. The van der Waals surface area contributed by atoms with E-state index in [9.17, 15) is 4.79 Å². The fourth-order valence-corrected chi connectivity index (χ4v) is 3.34. The second-order valence-corrected chi connectivity index (χ2v) is 5.33. The lowest BCUT2D eigenvalue weighted by atomic mass is 10.0. The monoisotopic (exact) mass is 228 g/mol. The number of carbonyl (C=O) groups excluding carboxylic acids is 1. The SMILES string of the molecule is O=Cc1cc2c(s1)CCc1ccccc1C2. The predicted octanol–water partition coefficient (Wildman–Crippen LogP) is 3.25. The Kier molecular flexibility index (Phi) is 2.37. The molecule has 80 valence electrons. The minimum absolute atomic E-state index is 0.865. The van der Waals surface area contributed by atoms with E-state index in [1.165, 1.54) is 21.6 Å². The fraction of sp³-hybridized carbons (Fsp3) is 0.214. The van der Waals surface area contributed by atoms with Gasteiger partial charge in [0.25, 0.3) is 0 Å². The molecule has 1 aromatic heterocycles. The van der Waals surface area contributed by atoms with Crippen molar-refractivity contribution in [1.29, 1.82) is 0 Å². The zero-order valence-corrected chi connectivity index (χ0v) is 9.72.